The highest BCUT2D eigenvalue weighted by Gasteiger charge is 2.04. The number of amides is 1. The van der Waals surface area contributed by atoms with Gasteiger partial charge in [0.2, 0.25) is 5.91 Å². The monoisotopic (exact) mass is 183 g/mol. The van der Waals surface area contributed by atoms with Crippen molar-refractivity contribution >= 4 is 5.91 Å². The number of hydrogen-bond acceptors (Lipinski definition) is 3. The second-order valence-electron chi connectivity index (χ2n) is 2.58. The van der Waals surface area contributed by atoms with Crippen LogP contribution >= 0.6 is 0 Å². The lowest BCUT2D eigenvalue weighted by Gasteiger charge is -2.05. The summed E-state index contributed by atoms with van der Waals surface area (Å²) < 4.78 is 1.62. The van der Waals surface area contributed by atoms with Crippen molar-refractivity contribution < 1.29 is 9.90 Å². The number of imidazole rings is 1. The minimum atomic E-state index is -0.146. The number of rotatable bonds is 4. The first-order chi connectivity index (χ1) is 6.27. The SMILES string of the molecule is CCNC(=O)Cn1ccnc1CO. The Morgan fingerprint density at radius 1 is 1.77 bits per heavy atom. The number of carbonyl (C=O) groups is 1. The zero-order valence-electron chi connectivity index (χ0n) is 7.53. The fraction of sp³-hybridized carbons (Fsp3) is 0.500. The molecule has 0 aliphatic carbocycles. The van der Waals surface area contributed by atoms with Gasteiger partial charge in [0.05, 0.1) is 0 Å². The van der Waals surface area contributed by atoms with E-state index in [0.717, 1.165) is 0 Å². The van der Waals surface area contributed by atoms with E-state index in [-0.39, 0.29) is 19.1 Å². The van der Waals surface area contributed by atoms with Gasteiger partial charge in [0.25, 0.3) is 0 Å². The molecule has 1 heterocycles. The third-order valence-electron chi connectivity index (χ3n) is 1.63. The zero-order valence-corrected chi connectivity index (χ0v) is 7.53. The number of nitrogens with zero attached hydrogens (tertiary/aromatic N) is 2. The summed E-state index contributed by atoms with van der Waals surface area (Å²) in [6.07, 6.45) is 3.23. The van der Waals surface area contributed by atoms with Crippen LogP contribution in [0.2, 0.25) is 0 Å². The molecule has 1 aromatic heterocycles. The smallest absolute Gasteiger partial charge is 0.239 e. The molecule has 1 amide bonds. The fourth-order valence-corrected chi connectivity index (χ4v) is 1.04. The van der Waals surface area contributed by atoms with Crippen molar-refractivity contribution in [2.24, 2.45) is 0 Å². The van der Waals surface area contributed by atoms with Crippen LogP contribution in [0.15, 0.2) is 12.4 Å². The standard InChI is InChI=1S/C8H13N3O2/c1-2-9-8(13)5-11-4-3-10-7(11)6-12/h3-4,12H,2,5-6H2,1H3,(H,9,13). The highest BCUT2D eigenvalue weighted by molar-refractivity contribution is 5.75. The van der Waals surface area contributed by atoms with Crippen LogP contribution in [0.5, 0.6) is 0 Å². The van der Waals surface area contributed by atoms with Gasteiger partial charge in [-0.1, -0.05) is 0 Å². The van der Waals surface area contributed by atoms with Crippen molar-refractivity contribution in [2.45, 2.75) is 20.1 Å². The average molecular weight is 183 g/mol. The third kappa shape index (κ3) is 2.55. The number of aliphatic hydroxyl groups excluding tert-OH is 1. The Balaban J connectivity index is 2.57. The summed E-state index contributed by atoms with van der Waals surface area (Å²) in [5.41, 5.74) is 0. The molecule has 5 nitrogen and oxygen atoms in total. The van der Waals surface area contributed by atoms with Crippen LogP contribution in [0.4, 0.5) is 0 Å². The van der Waals surface area contributed by atoms with E-state index in [4.69, 9.17) is 5.11 Å². The van der Waals surface area contributed by atoms with E-state index in [0.29, 0.717) is 12.4 Å². The molecule has 72 valence electrons. The Morgan fingerprint density at radius 2 is 2.54 bits per heavy atom. The molecule has 0 saturated heterocycles. The van der Waals surface area contributed by atoms with E-state index in [1.807, 2.05) is 6.92 Å². The number of aromatic nitrogens is 2. The predicted octanol–water partition coefficient (Wildman–Crippen LogP) is -0.489. The lowest BCUT2D eigenvalue weighted by molar-refractivity contribution is -0.121. The molecule has 0 radical (unpaired) electrons. The van der Waals surface area contributed by atoms with Crippen molar-refractivity contribution in [2.75, 3.05) is 6.54 Å². The van der Waals surface area contributed by atoms with Crippen LogP contribution in [-0.4, -0.2) is 27.1 Å². The Kier molecular flexibility index (Phi) is 3.45. The lowest BCUT2D eigenvalue weighted by atomic mass is 10.5. The van der Waals surface area contributed by atoms with E-state index in [2.05, 4.69) is 10.3 Å². The summed E-state index contributed by atoms with van der Waals surface area (Å²) in [6, 6.07) is 0. The molecule has 0 atom stereocenters. The maximum absolute atomic E-state index is 11.1. The van der Waals surface area contributed by atoms with Gasteiger partial charge in [0, 0.05) is 18.9 Å². The normalized spacial score (nSPS) is 10.0. The Hall–Kier alpha value is -1.36. The molecule has 0 aliphatic rings. The van der Waals surface area contributed by atoms with Gasteiger partial charge < -0.3 is 15.0 Å². The summed E-state index contributed by atoms with van der Waals surface area (Å²) in [5, 5.41) is 11.5. The van der Waals surface area contributed by atoms with Gasteiger partial charge in [-0.25, -0.2) is 4.98 Å². The van der Waals surface area contributed by atoms with Gasteiger partial charge in [-0.05, 0) is 6.92 Å². The molecule has 0 aromatic carbocycles. The van der Waals surface area contributed by atoms with Gasteiger partial charge in [-0.15, -0.1) is 0 Å². The topological polar surface area (TPSA) is 67.2 Å². The second kappa shape index (κ2) is 4.61. The molecule has 0 saturated carbocycles. The first-order valence-corrected chi connectivity index (χ1v) is 4.15. The molecule has 0 unspecified atom stereocenters. The van der Waals surface area contributed by atoms with E-state index < -0.39 is 0 Å². The Labute approximate surface area is 76.4 Å². The van der Waals surface area contributed by atoms with Crippen LogP contribution in [-0.2, 0) is 17.9 Å². The lowest BCUT2D eigenvalue weighted by Crippen LogP contribution is -2.27. The molecule has 1 rings (SSSR count). The van der Waals surface area contributed by atoms with E-state index in [1.54, 1.807) is 17.0 Å². The Morgan fingerprint density at radius 3 is 3.15 bits per heavy atom. The van der Waals surface area contributed by atoms with Crippen LogP contribution in [0, 0.1) is 0 Å². The van der Waals surface area contributed by atoms with Crippen molar-refractivity contribution in [3.05, 3.63) is 18.2 Å². The first kappa shape index (κ1) is 9.73. The second-order valence-corrected chi connectivity index (χ2v) is 2.58. The maximum atomic E-state index is 11.1. The van der Waals surface area contributed by atoms with E-state index >= 15 is 0 Å². The highest BCUT2D eigenvalue weighted by Crippen LogP contribution is 1.96. The summed E-state index contributed by atoms with van der Waals surface area (Å²) in [7, 11) is 0. The molecule has 1 aromatic rings. The van der Waals surface area contributed by atoms with Crippen molar-refractivity contribution in [1.82, 2.24) is 14.9 Å². The third-order valence-corrected chi connectivity index (χ3v) is 1.63. The summed E-state index contributed by atoms with van der Waals surface area (Å²) in [4.78, 5) is 15.0. The first-order valence-electron chi connectivity index (χ1n) is 4.15. The largest absolute Gasteiger partial charge is 0.388 e. The van der Waals surface area contributed by atoms with Crippen LogP contribution in [0.1, 0.15) is 12.7 Å². The van der Waals surface area contributed by atoms with Crippen LogP contribution in [0.25, 0.3) is 0 Å². The zero-order chi connectivity index (χ0) is 9.68. The number of hydrogen-bond donors (Lipinski definition) is 2. The number of likely N-dealkylation sites (N-methyl/N-ethyl adjacent to an activating group) is 1. The quantitative estimate of drug-likeness (QED) is 0.662. The fourth-order valence-electron chi connectivity index (χ4n) is 1.04. The molecular formula is C8H13N3O2. The van der Waals surface area contributed by atoms with Crippen molar-refractivity contribution in [3.63, 3.8) is 0 Å². The molecule has 0 spiro atoms. The molecule has 0 fully saturated rings. The minimum absolute atomic E-state index is 0.0739. The van der Waals surface area contributed by atoms with Gasteiger partial charge in [-0.3, -0.25) is 4.79 Å². The number of aliphatic hydroxyl groups is 1. The molecule has 13 heavy (non-hydrogen) atoms. The van der Waals surface area contributed by atoms with Gasteiger partial charge in [0.15, 0.2) is 0 Å². The molecule has 5 heteroatoms. The predicted molar refractivity (Wildman–Crippen MR) is 46.8 cm³/mol. The van der Waals surface area contributed by atoms with Crippen molar-refractivity contribution in [3.8, 4) is 0 Å². The Bertz CT molecular complexity index is 283. The van der Waals surface area contributed by atoms with E-state index in [1.165, 1.54) is 0 Å². The highest BCUT2D eigenvalue weighted by atomic mass is 16.3. The molecule has 0 aliphatic heterocycles. The number of nitrogens with one attached hydrogen (secondary N) is 1. The summed E-state index contributed by atoms with van der Waals surface area (Å²) in [5.74, 6) is 0.432. The minimum Gasteiger partial charge on any atom is -0.388 e. The molecule has 2 N–H and O–H groups in total. The summed E-state index contributed by atoms with van der Waals surface area (Å²) >= 11 is 0. The number of carbonyl (C=O) groups excluding carboxylic acids is 1. The molecular weight excluding hydrogens is 170 g/mol. The summed E-state index contributed by atoms with van der Waals surface area (Å²) in [6.45, 7) is 2.54. The van der Waals surface area contributed by atoms with E-state index in [9.17, 15) is 4.79 Å². The maximum Gasteiger partial charge on any atom is 0.239 e. The van der Waals surface area contributed by atoms with Gasteiger partial charge >= 0.3 is 0 Å². The molecule has 0 bridgehead atoms. The average Bonchev–Trinajstić information content (AvgIpc) is 2.52. The van der Waals surface area contributed by atoms with Crippen LogP contribution < -0.4 is 5.32 Å². The van der Waals surface area contributed by atoms with Crippen molar-refractivity contribution in [1.29, 1.82) is 0 Å². The van der Waals surface area contributed by atoms with Gasteiger partial charge in [0.1, 0.15) is 19.0 Å². The van der Waals surface area contributed by atoms with Gasteiger partial charge in [-0.2, -0.15) is 0 Å². The van der Waals surface area contributed by atoms with Crippen LogP contribution in [0.3, 0.4) is 0 Å².